The van der Waals surface area contributed by atoms with Crippen LogP contribution in [0.3, 0.4) is 0 Å². The van der Waals surface area contributed by atoms with Crippen molar-refractivity contribution in [3.63, 3.8) is 0 Å². The number of nitrogens with zero attached hydrogens (tertiary/aromatic N) is 6. The van der Waals surface area contributed by atoms with Gasteiger partial charge in [-0.15, -0.1) is 0 Å². The lowest BCUT2D eigenvalue weighted by molar-refractivity contribution is -0.121. The molecule has 0 radical (unpaired) electrons. The van der Waals surface area contributed by atoms with Crippen LogP contribution in [0.2, 0.25) is 0 Å². The zero-order chi connectivity index (χ0) is 48.1. The lowest BCUT2D eigenvalue weighted by atomic mass is 9.97. The van der Waals surface area contributed by atoms with Crippen LogP contribution in [-0.2, 0) is 42.1 Å². The summed E-state index contributed by atoms with van der Waals surface area (Å²) in [7, 11) is 3.79. The highest BCUT2D eigenvalue weighted by Crippen LogP contribution is 2.39. The Kier molecular flexibility index (Phi) is 17.1. The fourth-order valence-corrected chi connectivity index (χ4v) is 10.7. The highest BCUT2D eigenvalue weighted by molar-refractivity contribution is 8.00. The first-order valence-electron chi connectivity index (χ1n) is 23.8. The predicted octanol–water partition coefficient (Wildman–Crippen LogP) is 3.57. The van der Waals surface area contributed by atoms with E-state index in [1.807, 2.05) is 85.6 Å². The number of nitrogens with one attached hydrogen (secondary N) is 4. The Bertz CT molecular complexity index is 2710. The summed E-state index contributed by atoms with van der Waals surface area (Å²) in [5.74, 6) is 1.50. The molecule has 2 fully saturated rings. The van der Waals surface area contributed by atoms with Crippen LogP contribution in [0.25, 0.3) is 38.6 Å². The number of aromatic nitrogens is 4. The molecule has 8 rings (SSSR count). The van der Waals surface area contributed by atoms with Gasteiger partial charge < -0.3 is 45.3 Å². The van der Waals surface area contributed by atoms with Gasteiger partial charge in [0.2, 0.25) is 11.8 Å². The van der Waals surface area contributed by atoms with Crippen LogP contribution in [0.5, 0.6) is 0 Å². The summed E-state index contributed by atoms with van der Waals surface area (Å²) >= 11 is 1.91. The smallest absolute Gasteiger partial charge is 0.314 e. The van der Waals surface area contributed by atoms with Crippen LogP contribution < -0.4 is 31.7 Å². The third-order valence-electron chi connectivity index (χ3n) is 12.6. The fraction of sp³-hybridized carbons (Fsp3) is 0.460. The van der Waals surface area contributed by atoms with E-state index >= 15 is 0 Å². The van der Waals surface area contributed by atoms with Gasteiger partial charge >= 0.3 is 6.03 Å². The minimum Gasteiger partial charge on any atom is -0.377 e. The maximum Gasteiger partial charge on any atom is 0.314 e. The molecule has 366 valence electrons. The van der Waals surface area contributed by atoms with Crippen molar-refractivity contribution in [3.8, 4) is 16.8 Å². The number of fused-ring (bicyclic) bond motifs is 5. The van der Waals surface area contributed by atoms with Gasteiger partial charge in [-0.3, -0.25) is 33.4 Å². The third-order valence-corrected chi connectivity index (χ3v) is 14.2. The van der Waals surface area contributed by atoms with E-state index in [0.29, 0.717) is 115 Å². The Labute approximate surface area is 405 Å². The number of thioether (sulfide) groups is 1. The maximum atomic E-state index is 13.6. The number of hydrogen-bond donors (Lipinski definition) is 4. The standard InChI is InChI=1S/C50H62N10O8S/c1-57(20-15-52-50(65)53-17-22-67-24-26-68-25-23-66-21-16-51-44(61)6-3-5-43-48-37(33-69-43)28-45(62)56-48)18-4-7-46(63)59-19-14-34-8-11-39(29-42(34)59)60-47(64)13-10-36-30-54-41-12-9-35(27-40(41)49(36)60)38-31-55-58(2)32-38/h4,7-13,27,29-32,37,43,48H,3,5-6,14-26,28,33H2,1-2H3,(H,51,61)(H,56,62)(H2,52,53,65)/b7-4+. The average molecular weight is 963 g/mol. The molecule has 3 atom stereocenters. The summed E-state index contributed by atoms with van der Waals surface area (Å²) < 4.78 is 20.1. The monoisotopic (exact) mass is 962 g/mol. The van der Waals surface area contributed by atoms with Gasteiger partial charge in [0.15, 0.2) is 0 Å². The Morgan fingerprint density at radius 3 is 2.49 bits per heavy atom. The van der Waals surface area contributed by atoms with Crippen molar-refractivity contribution in [3.05, 3.63) is 95.2 Å². The summed E-state index contributed by atoms with van der Waals surface area (Å²) in [5, 5.41) is 18.0. The van der Waals surface area contributed by atoms with E-state index in [4.69, 9.17) is 14.2 Å². The quantitative estimate of drug-likeness (QED) is 0.0399. The van der Waals surface area contributed by atoms with Crippen molar-refractivity contribution in [2.24, 2.45) is 13.0 Å². The number of ether oxygens (including phenoxy) is 3. The van der Waals surface area contributed by atoms with Gasteiger partial charge in [-0.05, 0) is 79.4 Å². The van der Waals surface area contributed by atoms with Crippen LogP contribution in [0, 0.1) is 5.92 Å². The number of carbonyl (C=O) groups excluding carboxylic acids is 4. The van der Waals surface area contributed by atoms with Gasteiger partial charge in [-0.1, -0.05) is 18.2 Å². The van der Waals surface area contributed by atoms with Crippen molar-refractivity contribution in [1.82, 2.24) is 45.5 Å². The molecule has 19 heteroatoms. The maximum absolute atomic E-state index is 13.6. The molecule has 69 heavy (non-hydrogen) atoms. The van der Waals surface area contributed by atoms with Crippen molar-refractivity contribution in [1.29, 1.82) is 0 Å². The molecular formula is C50H62N10O8S. The topological polar surface area (TPSA) is 203 Å². The average Bonchev–Trinajstić information content (AvgIpc) is 4.15. The predicted molar refractivity (Wildman–Crippen MR) is 267 cm³/mol. The largest absolute Gasteiger partial charge is 0.377 e. The molecule has 2 aromatic carbocycles. The van der Waals surface area contributed by atoms with Gasteiger partial charge in [0.25, 0.3) is 11.5 Å². The zero-order valence-corrected chi connectivity index (χ0v) is 40.1. The Morgan fingerprint density at radius 2 is 1.70 bits per heavy atom. The SMILES string of the molecule is CN(C/C=C/C(=O)N1CCc2ccc(-n3c(=O)ccc4cnc5ccc(-c6cnn(C)c6)cc5c43)cc21)CCNC(=O)NCCOCCOCCOCCNC(=O)CCCC1SCC2CC(=O)NC21. The number of carbonyl (C=O) groups is 4. The molecule has 3 aliphatic heterocycles. The minimum atomic E-state index is -0.291. The Morgan fingerprint density at radius 1 is 0.913 bits per heavy atom. The van der Waals surface area contributed by atoms with Crippen LogP contribution in [-0.4, -0.2) is 151 Å². The van der Waals surface area contributed by atoms with E-state index in [9.17, 15) is 24.0 Å². The molecule has 0 bridgehead atoms. The van der Waals surface area contributed by atoms with Gasteiger partial charge in [0.05, 0.1) is 62.6 Å². The summed E-state index contributed by atoms with van der Waals surface area (Å²) in [4.78, 5) is 71.7. The summed E-state index contributed by atoms with van der Waals surface area (Å²) in [6.45, 7) is 5.19. The van der Waals surface area contributed by atoms with Gasteiger partial charge in [0.1, 0.15) is 0 Å². The lowest BCUT2D eigenvalue weighted by Gasteiger charge is -2.18. The molecule has 6 heterocycles. The van der Waals surface area contributed by atoms with E-state index in [-0.39, 0.29) is 35.4 Å². The number of likely N-dealkylation sites (N-methyl/N-ethyl adjacent to an activating group) is 1. The molecule has 3 aromatic heterocycles. The normalized spacial score (nSPS) is 17.5. The van der Waals surface area contributed by atoms with Gasteiger partial charge in [-0.2, -0.15) is 16.9 Å². The van der Waals surface area contributed by atoms with E-state index in [0.717, 1.165) is 62.8 Å². The fourth-order valence-electron chi connectivity index (χ4n) is 9.08. The first-order valence-corrected chi connectivity index (χ1v) is 24.8. The van der Waals surface area contributed by atoms with E-state index in [2.05, 4.69) is 31.3 Å². The van der Waals surface area contributed by atoms with E-state index in [1.165, 1.54) is 0 Å². The molecule has 5 amide bonds. The Hall–Kier alpha value is -6.12. The second kappa shape index (κ2) is 23.9. The first kappa shape index (κ1) is 49.3. The summed E-state index contributed by atoms with van der Waals surface area (Å²) in [6, 6.07) is 15.2. The van der Waals surface area contributed by atoms with Crippen molar-refractivity contribution in [2.75, 3.05) is 96.6 Å². The highest BCUT2D eigenvalue weighted by Gasteiger charge is 2.42. The molecule has 4 N–H and O–H groups in total. The van der Waals surface area contributed by atoms with Crippen molar-refractivity contribution < 1.29 is 33.4 Å². The molecule has 0 spiro atoms. The number of amides is 5. The molecule has 0 saturated carbocycles. The van der Waals surface area contributed by atoms with Crippen LogP contribution >= 0.6 is 11.8 Å². The number of anilines is 1. The number of hydrogen-bond acceptors (Lipinski definition) is 12. The molecule has 2 saturated heterocycles. The lowest BCUT2D eigenvalue weighted by Crippen LogP contribution is -2.40. The highest BCUT2D eigenvalue weighted by atomic mass is 32.2. The number of pyridine rings is 2. The first-order chi connectivity index (χ1) is 33.6. The van der Waals surface area contributed by atoms with Crippen LogP contribution in [0.1, 0.15) is 31.2 Å². The molecular weight excluding hydrogens is 901 g/mol. The van der Waals surface area contributed by atoms with Gasteiger partial charge in [0, 0.05) is 117 Å². The van der Waals surface area contributed by atoms with Gasteiger partial charge in [-0.25, -0.2) is 4.79 Å². The minimum absolute atomic E-state index is 0.0166. The summed E-state index contributed by atoms with van der Waals surface area (Å²) in [5.41, 5.74) is 5.74. The number of urea groups is 1. The second-order valence-electron chi connectivity index (χ2n) is 17.6. The molecule has 18 nitrogen and oxygen atoms in total. The van der Waals surface area contributed by atoms with Crippen molar-refractivity contribution in [2.45, 2.75) is 43.4 Å². The van der Waals surface area contributed by atoms with E-state index < -0.39 is 0 Å². The third kappa shape index (κ3) is 13.0. The van der Waals surface area contributed by atoms with Crippen molar-refractivity contribution >= 4 is 63.0 Å². The zero-order valence-electron chi connectivity index (χ0n) is 39.3. The number of aryl methyl sites for hydroxylation is 1. The second-order valence-corrected chi connectivity index (χ2v) is 18.9. The Balaban J connectivity index is 0.672. The molecule has 3 unspecified atom stereocenters. The number of rotatable bonds is 24. The molecule has 3 aliphatic rings. The molecule has 0 aliphatic carbocycles. The van der Waals surface area contributed by atoms with Crippen LogP contribution in [0.15, 0.2) is 84.1 Å². The van der Waals surface area contributed by atoms with E-state index in [1.54, 1.807) is 38.6 Å². The number of benzene rings is 2. The molecule has 5 aromatic rings. The summed E-state index contributed by atoms with van der Waals surface area (Å²) in [6.07, 6.45) is 12.5. The van der Waals surface area contributed by atoms with Crippen LogP contribution in [0.4, 0.5) is 10.5 Å².